The molecule has 0 bridgehead atoms. The molecular formula is C16H26O4S. The highest BCUT2D eigenvalue weighted by Crippen LogP contribution is 2.21. The molecule has 0 radical (unpaired) electrons. The minimum absolute atomic E-state index is 0.183. The zero-order valence-electron chi connectivity index (χ0n) is 13.0. The van der Waals surface area contributed by atoms with Crippen molar-refractivity contribution in [3.63, 3.8) is 0 Å². The number of hydrogen-bond acceptors (Lipinski definition) is 4. The van der Waals surface area contributed by atoms with Gasteiger partial charge in [0, 0.05) is 0 Å². The fraction of sp³-hybridized carbons (Fsp3) is 0.625. The quantitative estimate of drug-likeness (QED) is 0.573. The van der Waals surface area contributed by atoms with Crippen molar-refractivity contribution in [3.05, 3.63) is 29.8 Å². The molecule has 0 spiro atoms. The van der Waals surface area contributed by atoms with E-state index in [1.165, 1.54) is 6.42 Å². The molecule has 21 heavy (non-hydrogen) atoms. The smallest absolute Gasteiger partial charge is 0.361 e. The van der Waals surface area contributed by atoms with Gasteiger partial charge in [-0.2, -0.15) is 8.42 Å². The summed E-state index contributed by atoms with van der Waals surface area (Å²) in [5, 5.41) is 0. The first-order valence-corrected chi connectivity index (χ1v) is 9.09. The van der Waals surface area contributed by atoms with Crippen molar-refractivity contribution in [1.29, 1.82) is 0 Å². The number of aryl methyl sites for hydroxylation is 1. The molecule has 0 heterocycles. The summed E-state index contributed by atoms with van der Waals surface area (Å²) < 4.78 is 33.6. The summed E-state index contributed by atoms with van der Waals surface area (Å²) in [5.74, 6) is 0.366. The van der Waals surface area contributed by atoms with Crippen LogP contribution in [0.15, 0.2) is 24.3 Å². The van der Waals surface area contributed by atoms with E-state index in [0.29, 0.717) is 5.75 Å². The average Bonchev–Trinajstić information content (AvgIpc) is 2.45. The second kappa shape index (κ2) is 9.79. The van der Waals surface area contributed by atoms with Crippen molar-refractivity contribution in [2.24, 2.45) is 0 Å². The highest BCUT2D eigenvalue weighted by molar-refractivity contribution is 7.82. The Morgan fingerprint density at radius 3 is 2.38 bits per heavy atom. The molecule has 0 saturated heterocycles. The summed E-state index contributed by atoms with van der Waals surface area (Å²) in [4.78, 5) is 0. The van der Waals surface area contributed by atoms with Gasteiger partial charge in [-0.05, 0) is 24.5 Å². The number of rotatable bonds is 11. The van der Waals surface area contributed by atoms with Crippen molar-refractivity contribution in [3.8, 4) is 5.75 Å². The van der Waals surface area contributed by atoms with Gasteiger partial charge in [-0.1, -0.05) is 64.2 Å². The van der Waals surface area contributed by atoms with Crippen LogP contribution in [0.4, 0.5) is 0 Å². The Morgan fingerprint density at radius 1 is 0.952 bits per heavy atom. The lowest BCUT2D eigenvalue weighted by Gasteiger charge is -2.10. The van der Waals surface area contributed by atoms with Crippen LogP contribution in [0.1, 0.15) is 57.9 Å². The Bertz CT molecular complexity index is 497. The zero-order valence-corrected chi connectivity index (χ0v) is 13.8. The predicted molar refractivity (Wildman–Crippen MR) is 84.7 cm³/mol. The number of unbranched alkanes of at least 4 members (excludes halogenated alkanes) is 4. The van der Waals surface area contributed by atoms with E-state index in [2.05, 4.69) is 6.92 Å². The van der Waals surface area contributed by atoms with Gasteiger partial charge in [0.1, 0.15) is 5.75 Å². The molecule has 0 saturated carbocycles. The monoisotopic (exact) mass is 314 g/mol. The molecule has 0 amide bonds. The van der Waals surface area contributed by atoms with Crippen LogP contribution in [0.5, 0.6) is 5.75 Å². The van der Waals surface area contributed by atoms with E-state index < -0.39 is 10.4 Å². The van der Waals surface area contributed by atoms with Gasteiger partial charge >= 0.3 is 10.4 Å². The molecule has 0 fully saturated rings. The highest BCUT2D eigenvalue weighted by atomic mass is 32.3. The second-order valence-electron chi connectivity index (χ2n) is 5.09. The summed E-state index contributed by atoms with van der Waals surface area (Å²) in [6.45, 7) is 4.36. The normalized spacial score (nSPS) is 11.5. The first kappa shape index (κ1) is 18.0. The Morgan fingerprint density at radius 2 is 1.67 bits per heavy atom. The third kappa shape index (κ3) is 7.48. The fourth-order valence-electron chi connectivity index (χ4n) is 2.06. The van der Waals surface area contributed by atoms with Crippen LogP contribution in [0.25, 0.3) is 0 Å². The molecule has 120 valence electrons. The molecule has 0 aromatic heterocycles. The number of hydrogen-bond donors (Lipinski definition) is 0. The summed E-state index contributed by atoms with van der Waals surface area (Å²) in [7, 11) is -3.97. The lowest BCUT2D eigenvalue weighted by Crippen LogP contribution is -2.15. The average molecular weight is 314 g/mol. The van der Waals surface area contributed by atoms with E-state index in [1.807, 2.05) is 19.1 Å². The maximum absolute atomic E-state index is 11.8. The Labute approximate surface area is 128 Å². The van der Waals surface area contributed by atoms with Crippen LogP contribution in [-0.4, -0.2) is 15.0 Å². The van der Waals surface area contributed by atoms with Gasteiger partial charge in [-0.3, -0.25) is 0 Å². The first-order valence-electron chi connectivity index (χ1n) is 7.75. The van der Waals surface area contributed by atoms with Gasteiger partial charge in [-0.25, -0.2) is 4.18 Å². The van der Waals surface area contributed by atoms with Crippen LogP contribution in [0.2, 0.25) is 0 Å². The van der Waals surface area contributed by atoms with Crippen LogP contribution >= 0.6 is 0 Å². The van der Waals surface area contributed by atoms with Crippen LogP contribution in [0, 0.1) is 0 Å². The molecule has 0 atom stereocenters. The maximum Gasteiger partial charge on any atom is 0.449 e. The lowest BCUT2D eigenvalue weighted by atomic mass is 10.1. The molecule has 0 aliphatic rings. The summed E-state index contributed by atoms with van der Waals surface area (Å²) in [6.07, 6.45) is 6.88. The Balaban J connectivity index is 2.45. The molecule has 1 aromatic carbocycles. The maximum atomic E-state index is 11.8. The number of benzene rings is 1. The molecule has 1 rings (SSSR count). The van der Waals surface area contributed by atoms with E-state index in [1.54, 1.807) is 12.1 Å². The van der Waals surface area contributed by atoms with Gasteiger partial charge in [0.15, 0.2) is 0 Å². The van der Waals surface area contributed by atoms with Crippen molar-refractivity contribution in [2.45, 2.75) is 58.8 Å². The fourth-order valence-corrected chi connectivity index (χ4v) is 2.81. The molecule has 1 aromatic rings. The zero-order chi connectivity index (χ0) is 15.6. The van der Waals surface area contributed by atoms with Crippen molar-refractivity contribution < 1.29 is 16.8 Å². The molecule has 0 aliphatic carbocycles. The van der Waals surface area contributed by atoms with Crippen molar-refractivity contribution in [2.75, 3.05) is 6.61 Å². The van der Waals surface area contributed by atoms with Gasteiger partial charge in [-0.15, -0.1) is 0 Å². The van der Waals surface area contributed by atoms with Gasteiger partial charge in [0.25, 0.3) is 0 Å². The summed E-state index contributed by atoms with van der Waals surface area (Å²) >= 11 is 0. The predicted octanol–water partition coefficient (Wildman–Crippen LogP) is 4.25. The van der Waals surface area contributed by atoms with E-state index >= 15 is 0 Å². The first-order chi connectivity index (χ1) is 10.1. The molecule has 4 nitrogen and oxygen atoms in total. The van der Waals surface area contributed by atoms with E-state index in [9.17, 15) is 8.42 Å². The van der Waals surface area contributed by atoms with Gasteiger partial charge < -0.3 is 4.18 Å². The topological polar surface area (TPSA) is 52.6 Å². The molecule has 5 heteroatoms. The minimum Gasteiger partial charge on any atom is -0.361 e. The van der Waals surface area contributed by atoms with Gasteiger partial charge in [0.05, 0.1) is 6.61 Å². The highest BCUT2D eigenvalue weighted by Gasteiger charge is 2.15. The second-order valence-corrected chi connectivity index (χ2v) is 6.30. The molecule has 0 unspecified atom stereocenters. The third-order valence-electron chi connectivity index (χ3n) is 3.16. The van der Waals surface area contributed by atoms with Crippen molar-refractivity contribution >= 4 is 10.4 Å². The lowest BCUT2D eigenvalue weighted by molar-refractivity contribution is 0.265. The molecule has 0 N–H and O–H groups in total. The Kier molecular flexibility index (Phi) is 8.38. The van der Waals surface area contributed by atoms with E-state index in [4.69, 9.17) is 8.37 Å². The summed E-state index contributed by atoms with van der Waals surface area (Å²) in [5.41, 5.74) is 0.884. The standard InChI is InChI=1S/C16H26O4S/c1-3-5-6-7-10-14-19-21(17,18)20-16-13-9-8-12-15(16)11-4-2/h8-9,12-13H,3-7,10-11,14H2,1-2H3. The third-order valence-corrected chi connectivity index (χ3v) is 4.00. The molecule has 0 aliphatic heterocycles. The SMILES string of the molecule is CCCCCCCOS(=O)(=O)Oc1ccccc1CCC. The van der Waals surface area contributed by atoms with Gasteiger partial charge in [0.2, 0.25) is 0 Å². The van der Waals surface area contributed by atoms with Crippen molar-refractivity contribution in [1.82, 2.24) is 0 Å². The van der Waals surface area contributed by atoms with Crippen LogP contribution in [0.3, 0.4) is 0 Å². The van der Waals surface area contributed by atoms with E-state index in [0.717, 1.165) is 44.1 Å². The van der Waals surface area contributed by atoms with Crippen LogP contribution in [-0.2, 0) is 21.0 Å². The molecular weight excluding hydrogens is 288 g/mol. The minimum atomic E-state index is -3.97. The van der Waals surface area contributed by atoms with Crippen LogP contribution < -0.4 is 4.18 Å². The number of para-hydroxylation sites is 1. The largest absolute Gasteiger partial charge is 0.449 e. The Hall–Kier alpha value is -1.07. The van der Waals surface area contributed by atoms with E-state index in [-0.39, 0.29) is 6.61 Å². The summed E-state index contributed by atoms with van der Waals surface area (Å²) in [6, 6.07) is 7.17.